The summed E-state index contributed by atoms with van der Waals surface area (Å²) < 4.78 is 6.52. The molecule has 4 saturated carbocycles. The van der Waals surface area contributed by atoms with E-state index < -0.39 is 0 Å². The van der Waals surface area contributed by atoms with Gasteiger partial charge in [-0.05, 0) is 99.7 Å². The Balaban J connectivity index is 1.40. The second-order valence-electron chi connectivity index (χ2n) is 10.8. The molecule has 1 heterocycles. The Morgan fingerprint density at radius 1 is 1.11 bits per heavy atom. The van der Waals surface area contributed by atoms with Gasteiger partial charge in [0.1, 0.15) is 6.04 Å². The van der Waals surface area contributed by atoms with Crippen LogP contribution in [0.5, 0.6) is 0 Å². The van der Waals surface area contributed by atoms with E-state index in [4.69, 9.17) is 4.74 Å². The molecule has 0 radical (unpaired) electrons. The van der Waals surface area contributed by atoms with E-state index in [0.29, 0.717) is 5.41 Å². The summed E-state index contributed by atoms with van der Waals surface area (Å²) in [5, 5.41) is 3.40. The van der Waals surface area contributed by atoms with Gasteiger partial charge in [0.05, 0.1) is 12.2 Å². The molecule has 0 aromatic rings. The molecular formula is C25H35NO2. The van der Waals surface area contributed by atoms with Crippen molar-refractivity contribution < 1.29 is 4.74 Å². The zero-order chi connectivity index (χ0) is 18.9. The molecule has 0 aromatic heterocycles. The molecule has 8 atom stereocenters. The highest BCUT2D eigenvalue weighted by atomic mass is 16.5. The second-order valence-corrected chi connectivity index (χ2v) is 10.8. The Bertz CT molecular complexity index is 724. The molecule has 6 aliphatic rings. The summed E-state index contributed by atoms with van der Waals surface area (Å²) in [6.45, 7) is 3.27. The first-order valence-electron chi connectivity index (χ1n) is 12.1. The van der Waals surface area contributed by atoms with E-state index >= 15 is 0 Å². The quantitative estimate of drug-likeness (QED) is 0.441. The molecule has 0 aromatic carbocycles. The second kappa shape index (κ2) is 6.27. The van der Waals surface area contributed by atoms with Gasteiger partial charge in [-0.2, -0.15) is 4.91 Å². The molecule has 0 N–H and O–H groups in total. The SMILES string of the molecule is CC[C@]12CCC3C(C(C4CC4)CC4=CC(N=O)CC[C@@H]43)C1CC[C@@]21C=CCO1. The van der Waals surface area contributed by atoms with Crippen molar-refractivity contribution in [2.24, 2.45) is 46.1 Å². The summed E-state index contributed by atoms with van der Waals surface area (Å²) in [4.78, 5) is 11.2. The summed E-state index contributed by atoms with van der Waals surface area (Å²) in [5.74, 6) is 5.12. The maximum atomic E-state index is 11.2. The van der Waals surface area contributed by atoms with Crippen LogP contribution in [0.25, 0.3) is 0 Å². The zero-order valence-electron chi connectivity index (χ0n) is 17.3. The third kappa shape index (κ3) is 2.26. The highest BCUT2D eigenvalue weighted by Crippen LogP contribution is 2.70. The number of hydrogen-bond acceptors (Lipinski definition) is 3. The van der Waals surface area contributed by atoms with Crippen LogP contribution in [0.1, 0.15) is 71.1 Å². The van der Waals surface area contributed by atoms with Crippen LogP contribution in [0.4, 0.5) is 0 Å². The lowest BCUT2D eigenvalue weighted by atomic mass is 9.46. The van der Waals surface area contributed by atoms with Gasteiger partial charge in [0.25, 0.3) is 0 Å². The van der Waals surface area contributed by atoms with Crippen LogP contribution >= 0.6 is 0 Å². The number of fused-ring (bicyclic) bond motifs is 6. The van der Waals surface area contributed by atoms with Gasteiger partial charge in [0.2, 0.25) is 0 Å². The molecule has 0 bridgehead atoms. The zero-order valence-corrected chi connectivity index (χ0v) is 17.3. The number of ether oxygens (including phenoxy) is 1. The fourth-order valence-electron chi connectivity index (χ4n) is 9.05. The molecule has 4 fully saturated rings. The predicted molar refractivity (Wildman–Crippen MR) is 111 cm³/mol. The predicted octanol–water partition coefficient (Wildman–Crippen LogP) is 6.05. The Hall–Kier alpha value is -0.960. The van der Waals surface area contributed by atoms with E-state index in [1.807, 2.05) is 0 Å². The van der Waals surface area contributed by atoms with E-state index in [2.05, 4.69) is 30.3 Å². The lowest BCUT2D eigenvalue weighted by molar-refractivity contribution is -0.134. The molecule has 3 nitrogen and oxygen atoms in total. The molecule has 3 heteroatoms. The fraction of sp³-hybridized carbons (Fsp3) is 0.840. The molecule has 0 amide bonds. The van der Waals surface area contributed by atoms with Gasteiger partial charge in [0.15, 0.2) is 0 Å². The van der Waals surface area contributed by atoms with Crippen molar-refractivity contribution in [1.82, 2.24) is 0 Å². The summed E-state index contributed by atoms with van der Waals surface area (Å²) >= 11 is 0. The van der Waals surface area contributed by atoms with E-state index in [1.54, 1.807) is 5.57 Å². The van der Waals surface area contributed by atoms with Crippen LogP contribution in [0.15, 0.2) is 29.0 Å². The first-order valence-corrected chi connectivity index (χ1v) is 12.1. The van der Waals surface area contributed by atoms with Gasteiger partial charge in [-0.25, -0.2) is 0 Å². The molecule has 0 saturated heterocycles. The Morgan fingerprint density at radius 3 is 2.71 bits per heavy atom. The van der Waals surface area contributed by atoms with Gasteiger partial charge in [-0.3, -0.25) is 0 Å². The minimum absolute atomic E-state index is 0.0424. The third-order valence-corrected chi connectivity index (χ3v) is 10.2. The standard InChI is InChI=1S/C25H35NO2/c1-2-24-11-8-20-19-7-6-18(26-27)14-17(19)15-21(16-4-5-16)23(20)22(24)9-12-25(24)10-3-13-28-25/h3,10,14,16,18-23H,2,4-9,11-13,15H2,1H3/t18?,19-,20?,21?,22?,23?,24-,25-/m0/s1. The number of nitrogens with zero attached hydrogens (tertiary/aromatic N) is 1. The Morgan fingerprint density at radius 2 is 2.00 bits per heavy atom. The van der Waals surface area contributed by atoms with Crippen LogP contribution in [0.2, 0.25) is 0 Å². The first-order chi connectivity index (χ1) is 13.7. The minimum Gasteiger partial charge on any atom is -0.366 e. The lowest BCUT2D eigenvalue weighted by Crippen LogP contribution is -2.55. The lowest BCUT2D eigenvalue weighted by Gasteiger charge is -2.59. The van der Waals surface area contributed by atoms with Gasteiger partial charge >= 0.3 is 0 Å². The molecule has 5 aliphatic carbocycles. The van der Waals surface area contributed by atoms with Crippen molar-refractivity contribution in [3.63, 3.8) is 0 Å². The van der Waals surface area contributed by atoms with Gasteiger partial charge in [-0.15, -0.1) is 0 Å². The molecule has 1 spiro atoms. The van der Waals surface area contributed by atoms with Crippen LogP contribution in [-0.2, 0) is 4.74 Å². The topological polar surface area (TPSA) is 38.7 Å². The summed E-state index contributed by atoms with van der Waals surface area (Å²) in [6.07, 6.45) is 20.0. The fourth-order valence-corrected chi connectivity index (χ4v) is 9.05. The number of hydrogen-bond donors (Lipinski definition) is 0. The molecule has 5 unspecified atom stereocenters. The molecule has 6 rings (SSSR count). The monoisotopic (exact) mass is 381 g/mol. The van der Waals surface area contributed by atoms with E-state index in [0.717, 1.165) is 48.5 Å². The number of nitroso groups, excluding NO2 is 1. The average molecular weight is 382 g/mol. The average Bonchev–Trinajstić information content (AvgIpc) is 3.39. The van der Waals surface area contributed by atoms with E-state index in [-0.39, 0.29) is 11.6 Å². The maximum absolute atomic E-state index is 11.2. The highest BCUT2D eigenvalue weighted by Gasteiger charge is 2.66. The van der Waals surface area contributed by atoms with Gasteiger partial charge in [0, 0.05) is 5.41 Å². The van der Waals surface area contributed by atoms with E-state index in [1.165, 1.54) is 57.8 Å². The van der Waals surface area contributed by atoms with Crippen molar-refractivity contribution in [2.45, 2.75) is 82.8 Å². The van der Waals surface area contributed by atoms with Crippen LogP contribution in [0.3, 0.4) is 0 Å². The third-order valence-electron chi connectivity index (χ3n) is 10.2. The molecular weight excluding hydrogens is 346 g/mol. The summed E-state index contributed by atoms with van der Waals surface area (Å²) in [5.41, 5.74) is 2.04. The highest BCUT2D eigenvalue weighted by molar-refractivity contribution is 5.28. The minimum atomic E-state index is -0.0484. The summed E-state index contributed by atoms with van der Waals surface area (Å²) in [6, 6.07) is -0.0484. The largest absolute Gasteiger partial charge is 0.366 e. The summed E-state index contributed by atoms with van der Waals surface area (Å²) in [7, 11) is 0. The molecule has 28 heavy (non-hydrogen) atoms. The first kappa shape index (κ1) is 17.9. The van der Waals surface area contributed by atoms with Crippen LogP contribution in [0, 0.1) is 45.8 Å². The normalized spacial score (nSPS) is 52.1. The maximum Gasteiger partial charge on any atom is 0.110 e. The van der Waals surface area contributed by atoms with Crippen LogP contribution in [-0.4, -0.2) is 18.2 Å². The van der Waals surface area contributed by atoms with Crippen molar-refractivity contribution in [1.29, 1.82) is 0 Å². The van der Waals surface area contributed by atoms with Crippen molar-refractivity contribution in [2.75, 3.05) is 6.61 Å². The Kier molecular flexibility index (Phi) is 4.00. The number of allylic oxidation sites excluding steroid dienone is 1. The van der Waals surface area contributed by atoms with Gasteiger partial charge in [-0.1, -0.05) is 35.9 Å². The smallest absolute Gasteiger partial charge is 0.110 e. The van der Waals surface area contributed by atoms with Gasteiger partial charge < -0.3 is 4.74 Å². The van der Waals surface area contributed by atoms with Crippen LogP contribution < -0.4 is 0 Å². The van der Waals surface area contributed by atoms with E-state index in [9.17, 15) is 4.91 Å². The molecule has 1 aliphatic heterocycles. The Labute approximate surface area is 169 Å². The van der Waals surface area contributed by atoms with Crippen molar-refractivity contribution in [3.05, 3.63) is 28.7 Å². The number of rotatable bonds is 3. The van der Waals surface area contributed by atoms with Crippen molar-refractivity contribution >= 4 is 0 Å². The molecule has 152 valence electrons. The van der Waals surface area contributed by atoms with Crippen molar-refractivity contribution in [3.8, 4) is 0 Å².